The van der Waals surface area contributed by atoms with Gasteiger partial charge in [0, 0.05) is 19.1 Å². The Kier molecular flexibility index (Phi) is 5.14. The second kappa shape index (κ2) is 6.18. The molecule has 0 aliphatic carbocycles. The number of carbonyl (C=O) groups excluding carboxylic acids is 2. The number of likely N-dealkylation sites (tertiary alicyclic amines) is 1. The van der Waals surface area contributed by atoms with Gasteiger partial charge in [0.15, 0.2) is 0 Å². The van der Waals surface area contributed by atoms with Gasteiger partial charge < -0.3 is 10.1 Å². The first-order valence-electron chi connectivity index (χ1n) is 6.47. The number of ether oxygens (including phenoxy) is 1. The van der Waals surface area contributed by atoms with Gasteiger partial charge in [0.25, 0.3) is 0 Å². The van der Waals surface area contributed by atoms with Crippen molar-refractivity contribution in [2.45, 2.75) is 52.2 Å². The van der Waals surface area contributed by atoms with Crippen LogP contribution in [0.2, 0.25) is 0 Å². The second-order valence-electron chi connectivity index (χ2n) is 5.90. The van der Waals surface area contributed by atoms with Crippen LogP contribution in [-0.2, 0) is 9.53 Å². The monoisotopic (exact) mass is 256 g/mol. The SMILES string of the molecule is CC(=O)CN1CCC(NC(=O)OC(C)(C)C)CC1. The van der Waals surface area contributed by atoms with Crippen molar-refractivity contribution in [1.82, 2.24) is 10.2 Å². The fraction of sp³-hybridized carbons (Fsp3) is 0.846. The maximum atomic E-state index is 11.6. The zero-order chi connectivity index (χ0) is 13.8. The van der Waals surface area contributed by atoms with Gasteiger partial charge in [0.1, 0.15) is 11.4 Å². The lowest BCUT2D eigenvalue weighted by Crippen LogP contribution is -2.46. The molecule has 5 nitrogen and oxygen atoms in total. The molecular weight excluding hydrogens is 232 g/mol. The Hall–Kier alpha value is -1.10. The maximum absolute atomic E-state index is 11.6. The third-order valence-electron chi connectivity index (χ3n) is 2.75. The summed E-state index contributed by atoms with van der Waals surface area (Å²) in [5.74, 6) is 0.188. The van der Waals surface area contributed by atoms with E-state index in [0.29, 0.717) is 6.54 Å². The lowest BCUT2D eigenvalue weighted by molar-refractivity contribution is -0.118. The van der Waals surface area contributed by atoms with Crippen LogP contribution < -0.4 is 5.32 Å². The number of rotatable bonds is 3. The van der Waals surface area contributed by atoms with E-state index in [1.165, 1.54) is 0 Å². The van der Waals surface area contributed by atoms with E-state index in [4.69, 9.17) is 4.74 Å². The highest BCUT2D eigenvalue weighted by molar-refractivity contribution is 5.77. The normalized spacial score (nSPS) is 18.4. The lowest BCUT2D eigenvalue weighted by atomic mass is 10.1. The van der Waals surface area contributed by atoms with Gasteiger partial charge in [-0.05, 0) is 40.5 Å². The molecule has 1 heterocycles. The van der Waals surface area contributed by atoms with Crippen molar-refractivity contribution in [2.75, 3.05) is 19.6 Å². The molecule has 1 fully saturated rings. The van der Waals surface area contributed by atoms with Crippen molar-refractivity contribution in [3.05, 3.63) is 0 Å². The summed E-state index contributed by atoms with van der Waals surface area (Å²) in [4.78, 5) is 24.7. The summed E-state index contributed by atoms with van der Waals surface area (Å²) in [5, 5.41) is 2.88. The largest absolute Gasteiger partial charge is 0.444 e. The Morgan fingerprint density at radius 3 is 2.28 bits per heavy atom. The molecule has 18 heavy (non-hydrogen) atoms. The highest BCUT2D eigenvalue weighted by Crippen LogP contribution is 2.12. The van der Waals surface area contributed by atoms with Gasteiger partial charge in [-0.3, -0.25) is 9.69 Å². The summed E-state index contributed by atoms with van der Waals surface area (Å²) >= 11 is 0. The Bertz CT molecular complexity index is 302. The smallest absolute Gasteiger partial charge is 0.407 e. The summed E-state index contributed by atoms with van der Waals surface area (Å²) < 4.78 is 5.21. The lowest BCUT2D eigenvalue weighted by Gasteiger charge is -2.32. The predicted octanol–water partition coefficient (Wildman–Crippen LogP) is 1.56. The molecule has 0 spiro atoms. The van der Waals surface area contributed by atoms with Crippen molar-refractivity contribution in [3.63, 3.8) is 0 Å². The molecule has 0 saturated carbocycles. The van der Waals surface area contributed by atoms with E-state index in [1.54, 1.807) is 6.92 Å². The molecular formula is C13H24N2O3. The van der Waals surface area contributed by atoms with Gasteiger partial charge in [-0.25, -0.2) is 4.79 Å². The fourth-order valence-electron chi connectivity index (χ4n) is 2.02. The molecule has 1 aliphatic rings. The zero-order valence-electron chi connectivity index (χ0n) is 11.8. The van der Waals surface area contributed by atoms with E-state index in [9.17, 15) is 9.59 Å². The van der Waals surface area contributed by atoms with Gasteiger partial charge in [0.2, 0.25) is 0 Å². The van der Waals surface area contributed by atoms with Crippen molar-refractivity contribution in [3.8, 4) is 0 Å². The second-order valence-corrected chi connectivity index (χ2v) is 5.90. The minimum atomic E-state index is -0.459. The number of nitrogens with one attached hydrogen (secondary N) is 1. The quantitative estimate of drug-likeness (QED) is 0.832. The molecule has 0 aromatic carbocycles. The van der Waals surface area contributed by atoms with Crippen molar-refractivity contribution in [1.29, 1.82) is 0 Å². The van der Waals surface area contributed by atoms with Gasteiger partial charge in [-0.1, -0.05) is 0 Å². The van der Waals surface area contributed by atoms with Crippen LogP contribution in [0, 0.1) is 0 Å². The number of carbonyl (C=O) groups is 2. The van der Waals surface area contributed by atoms with Crippen molar-refractivity contribution < 1.29 is 14.3 Å². The van der Waals surface area contributed by atoms with Crippen LogP contribution in [0.1, 0.15) is 40.5 Å². The Labute approximate surface area is 109 Å². The molecule has 1 rings (SSSR count). The molecule has 1 saturated heterocycles. The Morgan fingerprint density at radius 1 is 1.28 bits per heavy atom. The first-order valence-corrected chi connectivity index (χ1v) is 6.47. The number of Topliss-reactive ketones (excluding diaryl/α,β-unsaturated/α-hetero) is 1. The van der Waals surface area contributed by atoms with Crippen LogP contribution in [0.25, 0.3) is 0 Å². The summed E-state index contributed by atoms with van der Waals surface area (Å²) in [7, 11) is 0. The van der Waals surface area contributed by atoms with Gasteiger partial charge in [-0.2, -0.15) is 0 Å². The van der Waals surface area contributed by atoms with Gasteiger partial charge in [-0.15, -0.1) is 0 Å². The molecule has 1 aliphatic heterocycles. The van der Waals surface area contributed by atoms with E-state index < -0.39 is 5.60 Å². The molecule has 0 unspecified atom stereocenters. The highest BCUT2D eigenvalue weighted by Gasteiger charge is 2.23. The van der Waals surface area contributed by atoms with Crippen LogP contribution in [-0.4, -0.2) is 48.1 Å². The first kappa shape index (κ1) is 15.0. The van der Waals surface area contributed by atoms with E-state index in [1.807, 2.05) is 20.8 Å². The number of piperidine rings is 1. The Balaban J connectivity index is 2.27. The summed E-state index contributed by atoms with van der Waals surface area (Å²) in [6, 6.07) is 0.156. The van der Waals surface area contributed by atoms with Gasteiger partial charge >= 0.3 is 6.09 Å². The predicted molar refractivity (Wildman–Crippen MR) is 69.5 cm³/mol. The van der Waals surface area contributed by atoms with Crippen LogP contribution in [0.5, 0.6) is 0 Å². The topological polar surface area (TPSA) is 58.6 Å². The summed E-state index contributed by atoms with van der Waals surface area (Å²) in [6.07, 6.45) is 1.38. The van der Waals surface area contributed by atoms with E-state index >= 15 is 0 Å². The number of ketones is 1. The average molecular weight is 256 g/mol. The maximum Gasteiger partial charge on any atom is 0.407 e. The molecule has 0 radical (unpaired) electrons. The third-order valence-corrected chi connectivity index (χ3v) is 2.75. The molecule has 1 N–H and O–H groups in total. The molecule has 5 heteroatoms. The minimum Gasteiger partial charge on any atom is -0.444 e. The van der Waals surface area contributed by atoms with Crippen LogP contribution in [0.3, 0.4) is 0 Å². The number of amides is 1. The number of nitrogens with zero attached hydrogens (tertiary/aromatic N) is 1. The van der Waals surface area contributed by atoms with Crippen LogP contribution >= 0.6 is 0 Å². The van der Waals surface area contributed by atoms with Crippen LogP contribution in [0.15, 0.2) is 0 Å². The van der Waals surface area contributed by atoms with Crippen molar-refractivity contribution >= 4 is 11.9 Å². The number of hydrogen-bond donors (Lipinski definition) is 1. The number of alkyl carbamates (subject to hydrolysis) is 1. The van der Waals surface area contributed by atoms with E-state index in [2.05, 4.69) is 10.2 Å². The zero-order valence-corrected chi connectivity index (χ0v) is 11.8. The van der Waals surface area contributed by atoms with E-state index in [0.717, 1.165) is 25.9 Å². The minimum absolute atomic E-state index is 0.156. The van der Waals surface area contributed by atoms with Crippen LogP contribution in [0.4, 0.5) is 4.79 Å². The first-order chi connectivity index (χ1) is 8.26. The Morgan fingerprint density at radius 2 is 1.83 bits per heavy atom. The van der Waals surface area contributed by atoms with E-state index in [-0.39, 0.29) is 17.9 Å². The standard InChI is InChI=1S/C13H24N2O3/c1-10(16)9-15-7-5-11(6-8-15)14-12(17)18-13(2,3)4/h11H,5-9H2,1-4H3,(H,14,17). The average Bonchev–Trinajstić information content (AvgIpc) is 2.17. The molecule has 0 aromatic heterocycles. The molecule has 0 aromatic rings. The third kappa shape index (κ3) is 6.00. The van der Waals surface area contributed by atoms with Crippen molar-refractivity contribution in [2.24, 2.45) is 0 Å². The number of hydrogen-bond acceptors (Lipinski definition) is 4. The molecule has 1 amide bonds. The summed E-state index contributed by atoms with van der Waals surface area (Å²) in [5.41, 5.74) is -0.459. The fourth-order valence-corrected chi connectivity index (χ4v) is 2.02. The molecule has 104 valence electrons. The molecule has 0 atom stereocenters. The van der Waals surface area contributed by atoms with Gasteiger partial charge in [0.05, 0.1) is 6.54 Å². The summed E-state index contributed by atoms with van der Waals surface area (Å²) in [6.45, 7) is 9.36. The highest BCUT2D eigenvalue weighted by atomic mass is 16.6. The molecule has 0 bridgehead atoms.